The average Bonchev–Trinajstić information content (AvgIpc) is 3.22. The number of carbonyl (C=O) groups is 2. The molecule has 0 spiro atoms. The first-order valence-electron chi connectivity index (χ1n) is 7.92. The van der Waals surface area contributed by atoms with E-state index in [-0.39, 0.29) is 12.4 Å². The van der Waals surface area contributed by atoms with Crippen molar-refractivity contribution in [2.45, 2.75) is 13.8 Å². The van der Waals surface area contributed by atoms with E-state index in [1.54, 1.807) is 26.0 Å². The van der Waals surface area contributed by atoms with Gasteiger partial charge >= 0.3 is 5.97 Å². The fraction of sp³-hybridized carbons (Fsp3) is 0.158. The molecule has 2 aromatic heterocycles. The van der Waals surface area contributed by atoms with Crippen LogP contribution in [-0.4, -0.2) is 18.5 Å². The third-order valence-corrected chi connectivity index (χ3v) is 5.04. The molecule has 3 aromatic rings. The lowest BCUT2D eigenvalue weighted by molar-refractivity contribution is 0.0529. The summed E-state index contributed by atoms with van der Waals surface area (Å²) in [5.41, 5.74) is 1.92. The van der Waals surface area contributed by atoms with E-state index >= 15 is 0 Å². The standard InChI is InChI=1S/C19H16BrNO4S/c1-3-24-19(23)16-14(12-5-7-13(20)8-6-12)10-26-18(16)21-17(22)15-9-4-11(2)25-15/h4-10H,3H2,1-2H3,(H,21,22). The fourth-order valence-electron chi connectivity index (χ4n) is 2.42. The first-order valence-corrected chi connectivity index (χ1v) is 9.59. The first-order chi connectivity index (χ1) is 12.5. The van der Waals surface area contributed by atoms with Crippen LogP contribution < -0.4 is 5.32 Å². The number of rotatable bonds is 5. The van der Waals surface area contributed by atoms with E-state index in [1.165, 1.54) is 11.3 Å². The third kappa shape index (κ3) is 3.89. The van der Waals surface area contributed by atoms with Crippen molar-refractivity contribution in [2.24, 2.45) is 0 Å². The number of carbonyl (C=O) groups excluding carboxylic acids is 2. The molecule has 1 N–H and O–H groups in total. The Labute approximate surface area is 163 Å². The number of amides is 1. The summed E-state index contributed by atoms with van der Waals surface area (Å²) >= 11 is 4.67. The molecule has 0 unspecified atom stereocenters. The number of hydrogen-bond donors (Lipinski definition) is 1. The van der Waals surface area contributed by atoms with Crippen molar-refractivity contribution >= 4 is 44.1 Å². The Morgan fingerprint density at radius 3 is 2.54 bits per heavy atom. The molecular formula is C19H16BrNO4S. The van der Waals surface area contributed by atoms with E-state index < -0.39 is 11.9 Å². The third-order valence-electron chi connectivity index (χ3n) is 3.62. The van der Waals surface area contributed by atoms with Gasteiger partial charge in [0, 0.05) is 15.4 Å². The van der Waals surface area contributed by atoms with Gasteiger partial charge < -0.3 is 14.5 Å². The molecule has 26 heavy (non-hydrogen) atoms. The number of ether oxygens (including phenoxy) is 1. The quantitative estimate of drug-likeness (QED) is 0.538. The SMILES string of the molecule is CCOC(=O)c1c(-c2ccc(Br)cc2)csc1NC(=O)c1ccc(C)o1. The van der Waals surface area contributed by atoms with Gasteiger partial charge in [0.1, 0.15) is 16.3 Å². The lowest BCUT2D eigenvalue weighted by Crippen LogP contribution is -2.14. The maximum absolute atomic E-state index is 12.5. The molecule has 0 saturated carbocycles. The molecule has 0 aliphatic carbocycles. The summed E-state index contributed by atoms with van der Waals surface area (Å²) < 4.78 is 11.5. The van der Waals surface area contributed by atoms with Crippen molar-refractivity contribution in [2.75, 3.05) is 11.9 Å². The van der Waals surface area contributed by atoms with E-state index in [1.807, 2.05) is 29.6 Å². The summed E-state index contributed by atoms with van der Waals surface area (Å²) in [6, 6.07) is 10.9. The normalized spacial score (nSPS) is 10.6. The number of furan rings is 1. The monoisotopic (exact) mass is 433 g/mol. The second-order valence-corrected chi connectivity index (χ2v) is 7.24. The maximum atomic E-state index is 12.5. The summed E-state index contributed by atoms with van der Waals surface area (Å²) in [5, 5.41) is 5.02. The summed E-state index contributed by atoms with van der Waals surface area (Å²) in [6.07, 6.45) is 0. The van der Waals surface area contributed by atoms with Crippen LogP contribution in [0.5, 0.6) is 0 Å². The van der Waals surface area contributed by atoms with Gasteiger partial charge in [-0.05, 0) is 43.7 Å². The number of thiophene rings is 1. The second-order valence-electron chi connectivity index (χ2n) is 5.45. The second kappa shape index (κ2) is 7.88. The van der Waals surface area contributed by atoms with Crippen molar-refractivity contribution in [1.29, 1.82) is 0 Å². The van der Waals surface area contributed by atoms with E-state index in [9.17, 15) is 9.59 Å². The van der Waals surface area contributed by atoms with Crippen LogP contribution in [0.25, 0.3) is 11.1 Å². The van der Waals surface area contributed by atoms with Crippen molar-refractivity contribution in [3.8, 4) is 11.1 Å². The molecule has 5 nitrogen and oxygen atoms in total. The number of aryl methyl sites for hydroxylation is 1. The highest BCUT2D eigenvalue weighted by atomic mass is 79.9. The Bertz CT molecular complexity index is 943. The van der Waals surface area contributed by atoms with Gasteiger partial charge in [-0.15, -0.1) is 11.3 Å². The topological polar surface area (TPSA) is 68.5 Å². The largest absolute Gasteiger partial charge is 0.462 e. The minimum atomic E-state index is -0.474. The Hall–Kier alpha value is -2.38. The van der Waals surface area contributed by atoms with Gasteiger partial charge in [0.25, 0.3) is 5.91 Å². The summed E-state index contributed by atoms with van der Waals surface area (Å²) in [6.45, 7) is 3.75. The van der Waals surface area contributed by atoms with Gasteiger partial charge in [0.05, 0.1) is 6.61 Å². The zero-order valence-corrected chi connectivity index (χ0v) is 16.6. The highest BCUT2D eigenvalue weighted by Crippen LogP contribution is 2.37. The molecular weight excluding hydrogens is 418 g/mol. The van der Waals surface area contributed by atoms with Crippen LogP contribution in [0, 0.1) is 6.92 Å². The van der Waals surface area contributed by atoms with Crippen molar-refractivity contribution in [3.05, 3.63) is 63.3 Å². The molecule has 0 atom stereocenters. The minimum Gasteiger partial charge on any atom is -0.462 e. The molecule has 3 rings (SSSR count). The van der Waals surface area contributed by atoms with E-state index in [0.717, 1.165) is 10.0 Å². The van der Waals surface area contributed by atoms with Crippen LogP contribution >= 0.6 is 27.3 Å². The van der Waals surface area contributed by atoms with Gasteiger partial charge in [-0.1, -0.05) is 28.1 Å². The molecule has 1 amide bonds. The Kier molecular flexibility index (Phi) is 5.58. The van der Waals surface area contributed by atoms with Gasteiger partial charge in [0.15, 0.2) is 5.76 Å². The molecule has 7 heteroatoms. The smallest absolute Gasteiger partial charge is 0.341 e. The fourth-order valence-corrected chi connectivity index (χ4v) is 3.64. The van der Waals surface area contributed by atoms with Gasteiger partial charge in [-0.25, -0.2) is 4.79 Å². The predicted molar refractivity (Wildman–Crippen MR) is 105 cm³/mol. The van der Waals surface area contributed by atoms with Crippen molar-refractivity contribution in [3.63, 3.8) is 0 Å². The van der Waals surface area contributed by atoms with Crippen LogP contribution in [0.1, 0.15) is 33.6 Å². The van der Waals surface area contributed by atoms with Gasteiger partial charge in [0.2, 0.25) is 0 Å². The van der Waals surface area contributed by atoms with Gasteiger partial charge in [-0.2, -0.15) is 0 Å². The molecule has 0 radical (unpaired) electrons. The number of esters is 1. The molecule has 0 aliphatic rings. The lowest BCUT2D eigenvalue weighted by atomic mass is 10.0. The molecule has 0 fully saturated rings. The zero-order valence-electron chi connectivity index (χ0n) is 14.2. The Morgan fingerprint density at radius 2 is 1.92 bits per heavy atom. The van der Waals surface area contributed by atoms with Gasteiger partial charge in [-0.3, -0.25) is 4.79 Å². The number of anilines is 1. The van der Waals surface area contributed by atoms with Crippen LogP contribution in [0.3, 0.4) is 0 Å². The predicted octanol–water partition coefficient (Wildman–Crippen LogP) is 5.51. The highest BCUT2D eigenvalue weighted by molar-refractivity contribution is 9.10. The average molecular weight is 434 g/mol. The number of halogens is 1. The molecule has 0 aliphatic heterocycles. The van der Waals surface area contributed by atoms with Crippen molar-refractivity contribution in [1.82, 2.24) is 0 Å². The lowest BCUT2D eigenvalue weighted by Gasteiger charge is -2.08. The Morgan fingerprint density at radius 1 is 1.19 bits per heavy atom. The summed E-state index contributed by atoms with van der Waals surface area (Å²) in [4.78, 5) is 24.9. The number of benzene rings is 1. The summed E-state index contributed by atoms with van der Waals surface area (Å²) in [7, 11) is 0. The van der Waals surface area contributed by atoms with Crippen LogP contribution in [0.2, 0.25) is 0 Å². The van der Waals surface area contributed by atoms with E-state index in [0.29, 0.717) is 21.9 Å². The van der Waals surface area contributed by atoms with E-state index in [2.05, 4.69) is 21.2 Å². The molecule has 134 valence electrons. The highest BCUT2D eigenvalue weighted by Gasteiger charge is 2.23. The Balaban J connectivity index is 1.98. The van der Waals surface area contributed by atoms with Crippen LogP contribution in [0.15, 0.2) is 50.7 Å². The van der Waals surface area contributed by atoms with Crippen molar-refractivity contribution < 1.29 is 18.7 Å². The van der Waals surface area contributed by atoms with Crippen LogP contribution in [-0.2, 0) is 4.74 Å². The molecule has 1 aromatic carbocycles. The molecule has 0 bridgehead atoms. The summed E-state index contributed by atoms with van der Waals surface area (Å²) in [5.74, 6) is -0.0520. The van der Waals surface area contributed by atoms with E-state index in [4.69, 9.17) is 9.15 Å². The minimum absolute atomic E-state index is 0.191. The molecule has 2 heterocycles. The zero-order chi connectivity index (χ0) is 18.7. The molecule has 0 saturated heterocycles. The maximum Gasteiger partial charge on any atom is 0.341 e. The first kappa shape index (κ1) is 18.4. The number of nitrogens with one attached hydrogen (secondary N) is 1. The number of hydrogen-bond acceptors (Lipinski definition) is 5. The van der Waals surface area contributed by atoms with Crippen LogP contribution in [0.4, 0.5) is 5.00 Å².